The first-order valence-corrected chi connectivity index (χ1v) is 25.5. The van der Waals surface area contributed by atoms with E-state index < -0.39 is 10.8 Å². The summed E-state index contributed by atoms with van der Waals surface area (Å²) in [5.41, 5.74) is 20.6. The van der Waals surface area contributed by atoms with Gasteiger partial charge < -0.3 is 4.90 Å². The summed E-state index contributed by atoms with van der Waals surface area (Å²) >= 11 is 3.78. The normalized spacial score (nSPS) is 14.5. The second kappa shape index (κ2) is 14.8. The number of anilines is 3. The molecule has 0 saturated heterocycles. The molecule has 0 atom stereocenters. The van der Waals surface area contributed by atoms with Gasteiger partial charge >= 0.3 is 0 Å². The Kier molecular flexibility index (Phi) is 8.43. The van der Waals surface area contributed by atoms with Crippen LogP contribution in [0, 0.1) is 0 Å². The van der Waals surface area contributed by atoms with Crippen LogP contribution in [0.2, 0.25) is 0 Å². The van der Waals surface area contributed by atoms with E-state index in [4.69, 9.17) is 0 Å². The van der Waals surface area contributed by atoms with Gasteiger partial charge in [-0.3, -0.25) is 0 Å². The molecule has 2 heterocycles. The Morgan fingerprint density at radius 3 is 1.35 bits per heavy atom. The molecule has 0 N–H and O–H groups in total. The van der Waals surface area contributed by atoms with Gasteiger partial charge in [0.25, 0.3) is 0 Å². The Bertz CT molecular complexity index is 3850. The Labute approximate surface area is 410 Å². The summed E-state index contributed by atoms with van der Waals surface area (Å²) in [5.74, 6) is 0. The average molecular weight is 912 g/mol. The minimum Gasteiger partial charge on any atom is -0.310 e. The molecule has 11 aromatic rings. The van der Waals surface area contributed by atoms with Gasteiger partial charge in [-0.1, -0.05) is 212 Å². The van der Waals surface area contributed by atoms with Crippen LogP contribution in [0.15, 0.2) is 268 Å². The molecule has 0 saturated carbocycles. The van der Waals surface area contributed by atoms with Gasteiger partial charge in [0.2, 0.25) is 0 Å². The van der Waals surface area contributed by atoms with E-state index >= 15 is 0 Å². The molecule has 0 aromatic heterocycles. The fourth-order valence-corrected chi connectivity index (χ4v) is 15.0. The van der Waals surface area contributed by atoms with E-state index in [1.807, 2.05) is 23.5 Å². The second-order valence-corrected chi connectivity index (χ2v) is 20.8. The summed E-state index contributed by atoms with van der Waals surface area (Å²) in [6, 6.07) is 93.9. The van der Waals surface area contributed by atoms with Crippen LogP contribution in [0.3, 0.4) is 0 Å². The molecule has 4 aliphatic rings. The van der Waals surface area contributed by atoms with E-state index in [0.29, 0.717) is 0 Å². The molecule has 0 unspecified atom stereocenters. The molecule has 0 radical (unpaired) electrons. The zero-order valence-corrected chi connectivity index (χ0v) is 39.1. The largest absolute Gasteiger partial charge is 0.310 e. The molecule has 2 aliphatic heterocycles. The standard InChI is InChI=1S/C66H41NS2/c1-2-17-44-40-45(33-32-42(44)16-1)43-34-36-46(37-35-43)67(47-38-39-49-48-18-3-5-20-51(48)66(58(49)41-47)55-24-9-13-30-62(55)69-63-31-14-10-25-56(63)66)59-27-15-26-57-64(59)50-19-4-6-21-52(50)65(57)53-22-7-11-28-60(53)68-61-29-12-8-23-54(61)65/h1-41H. The molecule has 2 spiro atoms. The van der Waals surface area contributed by atoms with Crippen molar-refractivity contribution in [3.8, 4) is 33.4 Å². The molecule has 0 amide bonds. The van der Waals surface area contributed by atoms with Gasteiger partial charge in [-0.15, -0.1) is 0 Å². The predicted octanol–water partition coefficient (Wildman–Crippen LogP) is 17.6. The van der Waals surface area contributed by atoms with E-state index in [2.05, 4.69) is 254 Å². The lowest BCUT2D eigenvalue weighted by molar-refractivity contribution is 0.722. The highest BCUT2D eigenvalue weighted by Gasteiger charge is 2.52. The van der Waals surface area contributed by atoms with Crippen LogP contribution in [0.25, 0.3) is 44.2 Å². The molecule has 15 rings (SSSR count). The van der Waals surface area contributed by atoms with Gasteiger partial charge in [0.15, 0.2) is 0 Å². The third-order valence-corrected chi connectivity index (χ3v) is 17.7. The highest BCUT2D eigenvalue weighted by Crippen LogP contribution is 2.66. The number of hydrogen-bond acceptors (Lipinski definition) is 3. The van der Waals surface area contributed by atoms with E-state index in [1.54, 1.807) is 0 Å². The van der Waals surface area contributed by atoms with Crippen LogP contribution in [-0.2, 0) is 10.8 Å². The first kappa shape index (κ1) is 39.2. The second-order valence-electron chi connectivity index (χ2n) is 18.7. The van der Waals surface area contributed by atoms with E-state index in [1.165, 1.54) is 108 Å². The summed E-state index contributed by atoms with van der Waals surface area (Å²) in [5, 5.41) is 2.50. The first-order valence-electron chi connectivity index (χ1n) is 23.8. The van der Waals surface area contributed by atoms with Gasteiger partial charge in [0.1, 0.15) is 0 Å². The number of rotatable bonds is 4. The van der Waals surface area contributed by atoms with Crippen molar-refractivity contribution < 1.29 is 0 Å². The van der Waals surface area contributed by atoms with Crippen molar-refractivity contribution >= 4 is 51.4 Å². The Morgan fingerprint density at radius 2 is 0.725 bits per heavy atom. The Hall–Kier alpha value is -7.82. The van der Waals surface area contributed by atoms with E-state index in [0.717, 1.165) is 17.1 Å². The summed E-state index contributed by atoms with van der Waals surface area (Å²) in [6.07, 6.45) is 0. The van der Waals surface area contributed by atoms with Crippen molar-refractivity contribution in [2.45, 2.75) is 30.4 Å². The number of hydrogen-bond donors (Lipinski definition) is 0. The molecule has 2 aliphatic carbocycles. The van der Waals surface area contributed by atoms with Crippen molar-refractivity contribution in [2.75, 3.05) is 4.90 Å². The van der Waals surface area contributed by atoms with Crippen LogP contribution in [0.4, 0.5) is 17.1 Å². The molecular formula is C66H41NS2. The average Bonchev–Trinajstić information content (AvgIpc) is 3.87. The van der Waals surface area contributed by atoms with Gasteiger partial charge in [-0.05, 0) is 144 Å². The first-order chi connectivity index (χ1) is 34.2. The fourth-order valence-electron chi connectivity index (χ4n) is 12.7. The highest BCUT2D eigenvalue weighted by atomic mass is 32.2. The van der Waals surface area contributed by atoms with E-state index in [9.17, 15) is 0 Å². The fraction of sp³-hybridized carbons (Fsp3) is 0.0303. The van der Waals surface area contributed by atoms with Crippen LogP contribution >= 0.6 is 23.5 Å². The monoisotopic (exact) mass is 911 g/mol. The highest BCUT2D eigenvalue weighted by molar-refractivity contribution is 7.99. The Morgan fingerprint density at radius 1 is 0.275 bits per heavy atom. The predicted molar refractivity (Wildman–Crippen MR) is 287 cm³/mol. The molecule has 322 valence electrons. The molecule has 3 heteroatoms. The summed E-state index contributed by atoms with van der Waals surface area (Å²) < 4.78 is 0. The maximum atomic E-state index is 2.56. The van der Waals surface area contributed by atoms with Crippen LogP contribution in [0.1, 0.15) is 44.5 Å². The SMILES string of the molecule is c1ccc2c(c1)Sc1ccccc1C21c2ccccc2-c2ccc(N(c3ccc(-c4ccc5ccccc5c4)cc3)c3cccc4c3-c3ccccc3C43c4ccccc4Sc4ccccc43)cc21. The number of fused-ring (bicyclic) bond motifs is 19. The molecule has 0 bridgehead atoms. The number of benzene rings is 11. The molecule has 11 aromatic carbocycles. The smallest absolute Gasteiger partial charge is 0.0736 e. The topological polar surface area (TPSA) is 3.24 Å². The summed E-state index contributed by atoms with van der Waals surface area (Å²) in [7, 11) is 0. The quantitative estimate of drug-likeness (QED) is 0.173. The maximum Gasteiger partial charge on any atom is 0.0736 e. The van der Waals surface area contributed by atoms with Crippen LogP contribution in [0.5, 0.6) is 0 Å². The van der Waals surface area contributed by atoms with Gasteiger partial charge in [-0.2, -0.15) is 0 Å². The number of nitrogens with zero attached hydrogens (tertiary/aromatic N) is 1. The minimum absolute atomic E-state index is 0.497. The zero-order chi connectivity index (χ0) is 45.3. The van der Waals surface area contributed by atoms with Crippen LogP contribution < -0.4 is 4.90 Å². The maximum absolute atomic E-state index is 2.56. The van der Waals surface area contributed by atoms with Crippen molar-refractivity contribution in [3.63, 3.8) is 0 Å². The summed E-state index contributed by atoms with van der Waals surface area (Å²) in [4.78, 5) is 7.78. The lowest BCUT2D eigenvalue weighted by atomic mass is 9.67. The Balaban J connectivity index is 1.01. The van der Waals surface area contributed by atoms with Crippen molar-refractivity contribution in [1.82, 2.24) is 0 Å². The van der Waals surface area contributed by atoms with Crippen molar-refractivity contribution in [2.24, 2.45) is 0 Å². The lowest BCUT2D eigenvalue weighted by Crippen LogP contribution is -2.32. The minimum atomic E-state index is -0.505. The summed E-state index contributed by atoms with van der Waals surface area (Å²) in [6.45, 7) is 0. The van der Waals surface area contributed by atoms with Crippen molar-refractivity contribution in [1.29, 1.82) is 0 Å². The van der Waals surface area contributed by atoms with Crippen LogP contribution in [-0.4, -0.2) is 0 Å². The van der Waals surface area contributed by atoms with Crippen molar-refractivity contribution in [3.05, 3.63) is 293 Å². The zero-order valence-electron chi connectivity index (χ0n) is 37.4. The molecule has 69 heavy (non-hydrogen) atoms. The van der Waals surface area contributed by atoms with Gasteiger partial charge in [-0.25, -0.2) is 0 Å². The molecule has 1 nitrogen and oxygen atoms in total. The molecular weight excluding hydrogens is 871 g/mol. The van der Waals surface area contributed by atoms with E-state index in [-0.39, 0.29) is 0 Å². The lowest BCUT2D eigenvalue weighted by Gasteiger charge is -2.40. The van der Waals surface area contributed by atoms with Gasteiger partial charge in [0, 0.05) is 36.5 Å². The molecule has 0 fully saturated rings. The third kappa shape index (κ3) is 5.35. The third-order valence-electron chi connectivity index (χ3n) is 15.4. The van der Waals surface area contributed by atoms with Gasteiger partial charge in [0.05, 0.1) is 16.5 Å².